The molecule has 2 aromatic rings. The smallest absolute Gasteiger partial charge is 0.303 e. The van der Waals surface area contributed by atoms with Gasteiger partial charge >= 0.3 is 5.97 Å². The molecule has 2 atom stereocenters. The Bertz CT molecular complexity index is 1090. The molecule has 2 rings (SSSR count). The summed E-state index contributed by atoms with van der Waals surface area (Å²) < 4.78 is 0.00949. The van der Waals surface area contributed by atoms with Crippen molar-refractivity contribution >= 4 is 52.5 Å². The second-order valence-corrected chi connectivity index (χ2v) is 12.2. The van der Waals surface area contributed by atoms with Crippen molar-refractivity contribution in [3.8, 4) is 0 Å². The number of carbonyl (C=O) groups excluding carboxylic acids is 3. The molecule has 0 aliphatic heterocycles. The molecule has 1 unspecified atom stereocenters. The molecular formula is C28H39N3O5S2. The number of thiophene rings is 1. The first kappa shape index (κ1) is 31.4. The number of hydrogen-bond donors (Lipinski definition) is 4. The van der Waals surface area contributed by atoms with Crippen molar-refractivity contribution in [3.05, 3.63) is 51.7 Å². The number of rotatable bonds is 16. The van der Waals surface area contributed by atoms with Crippen LogP contribution >= 0.6 is 23.1 Å². The molecular weight excluding hydrogens is 522 g/mol. The highest BCUT2D eigenvalue weighted by Gasteiger charge is 2.24. The van der Waals surface area contributed by atoms with Gasteiger partial charge in [-0.25, -0.2) is 0 Å². The molecule has 0 saturated carbocycles. The van der Waals surface area contributed by atoms with Gasteiger partial charge in [0.05, 0.1) is 12.3 Å². The van der Waals surface area contributed by atoms with Crippen LogP contribution in [0.1, 0.15) is 68.9 Å². The Labute approximate surface area is 233 Å². The van der Waals surface area contributed by atoms with E-state index in [0.29, 0.717) is 5.69 Å². The van der Waals surface area contributed by atoms with Gasteiger partial charge in [0.1, 0.15) is 6.04 Å². The lowest BCUT2D eigenvalue weighted by molar-refractivity contribution is -0.137. The van der Waals surface area contributed by atoms with Crippen LogP contribution in [0.2, 0.25) is 0 Å². The van der Waals surface area contributed by atoms with Crippen molar-refractivity contribution in [2.75, 3.05) is 17.6 Å². The molecule has 38 heavy (non-hydrogen) atoms. The predicted molar refractivity (Wildman–Crippen MR) is 155 cm³/mol. The zero-order valence-electron chi connectivity index (χ0n) is 22.6. The van der Waals surface area contributed by atoms with E-state index in [1.807, 2.05) is 12.1 Å². The number of carboxylic acid groups (broad SMARTS) is 1. The third kappa shape index (κ3) is 11.3. The summed E-state index contributed by atoms with van der Waals surface area (Å²) in [4.78, 5) is 50.0. The van der Waals surface area contributed by atoms with Crippen LogP contribution in [0.4, 0.5) is 5.69 Å². The Morgan fingerprint density at radius 2 is 1.82 bits per heavy atom. The van der Waals surface area contributed by atoms with Gasteiger partial charge in [-0.2, -0.15) is 0 Å². The van der Waals surface area contributed by atoms with Gasteiger partial charge in [-0.3, -0.25) is 19.2 Å². The second-order valence-electron chi connectivity index (χ2n) is 9.62. The normalized spacial score (nSPS) is 13.3. The molecule has 208 valence electrons. The van der Waals surface area contributed by atoms with Gasteiger partial charge in [-0.1, -0.05) is 39.3 Å². The number of aryl methyl sites for hydroxylation is 1. The number of amides is 3. The molecule has 4 N–H and O–H groups in total. The van der Waals surface area contributed by atoms with E-state index in [0.717, 1.165) is 31.2 Å². The number of hydrogen-bond acceptors (Lipinski definition) is 6. The highest BCUT2D eigenvalue weighted by molar-refractivity contribution is 8.01. The fraction of sp³-hybridized carbons (Fsp3) is 0.500. The first-order valence-electron chi connectivity index (χ1n) is 12.9. The summed E-state index contributed by atoms with van der Waals surface area (Å²) in [5.74, 6) is -2.15. The van der Waals surface area contributed by atoms with Crippen molar-refractivity contribution in [2.45, 2.75) is 77.0 Å². The van der Waals surface area contributed by atoms with Crippen LogP contribution in [0.5, 0.6) is 0 Å². The molecule has 0 spiro atoms. The molecule has 0 bridgehead atoms. The maximum Gasteiger partial charge on any atom is 0.303 e. The van der Waals surface area contributed by atoms with Crippen molar-refractivity contribution in [1.29, 1.82) is 0 Å². The third-order valence-corrected chi connectivity index (χ3v) is 8.86. The lowest BCUT2D eigenvalue weighted by Gasteiger charge is -2.26. The molecule has 3 amide bonds. The van der Waals surface area contributed by atoms with Gasteiger partial charge in [0.25, 0.3) is 0 Å². The largest absolute Gasteiger partial charge is 0.481 e. The van der Waals surface area contributed by atoms with E-state index >= 15 is 0 Å². The number of nitrogens with one attached hydrogen (secondary N) is 3. The quantitative estimate of drug-likeness (QED) is 0.234. The first-order chi connectivity index (χ1) is 18.0. The standard InChI is InChI=1S/C28H39N3O5S2/c1-5-13-28(4,6-2)38-18-25(33)29-16-24(32)31-23(11-12-26(34)35)27(36)30-21-9-7-20(8-10-21)15-22-14-19(3)17-37-22/h7-10,14,17,23H,5-6,11-13,15-16,18H2,1-4H3,(H,29,33)(H,30,36)(H,31,32)(H,34,35)/t23-,28?/m0/s1. The molecule has 10 heteroatoms. The van der Waals surface area contributed by atoms with Crippen molar-refractivity contribution < 1.29 is 24.3 Å². The summed E-state index contributed by atoms with van der Waals surface area (Å²) in [5, 5.41) is 19.1. The summed E-state index contributed by atoms with van der Waals surface area (Å²) >= 11 is 3.27. The van der Waals surface area contributed by atoms with Gasteiger partial charge < -0.3 is 21.1 Å². The second kappa shape index (κ2) is 15.5. The molecule has 0 aliphatic carbocycles. The topological polar surface area (TPSA) is 125 Å². The highest BCUT2D eigenvalue weighted by Crippen LogP contribution is 2.32. The monoisotopic (exact) mass is 561 g/mol. The Balaban J connectivity index is 1.89. The summed E-state index contributed by atoms with van der Waals surface area (Å²) in [6.07, 6.45) is 3.41. The zero-order chi connectivity index (χ0) is 28.1. The SMILES string of the molecule is CCCC(C)(CC)SCC(=O)NCC(=O)N[C@@H](CCC(=O)O)C(=O)Nc1ccc(Cc2cc(C)cs2)cc1. The minimum absolute atomic E-state index is 0.00949. The fourth-order valence-corrected chi connectivity index (χ4v) is 5.89. The van der Waals surface area contributed by atoms with E-state index in [-0.39, 0.29) is 35.8 Å². The average molecular weight is 562 g/mol. The molecule has 0 saturated heterocycles. The van der Waals surface area contributed by atoms with E-state index in [9.17, 15) is 19.2 Å². The Hall–Kier alpha value is -2.85. The fourth-order valence-electron chi connectivity index (χ4n) is 3.85. The lowest BCUT2D eigenvalue weighted by atomic mass is 10.0. The van der Waals surface area contributed by atoms with Gasteiger partial charge in [0.15, 0.2) is 0 Å². The average Bonchev–Trinajstić information content (AvgIpc) is 3.29. The molecule has 8 nitrogen and oxygen atoms in total. The van der Waals surface area contributed by atoms with E-state index < -0.39 is 23.8 Å². The van der Waals surface area contributed by atoms with E-state index in [1.165, 1.54) is 10.4 Å². The van der Waals surface area contributed by atoms with Gasteiger partial charge in [-0.05, 0) is 60.9 Å². The summed E-state index contributed by atoms with van der Waals surface area (Å²) in [5.41, 5.74) is 2.88. The molecule has 0 radical (unpaired) electrons. The number of thioether (sulfide) groups is 1. The minimum Gasteiger partial charge on any atom is -0.481 e. The zero-order valence-corrected chi connectivity index (χ0v) is 24.2. The van der Waals surface area contributed by atoms with Crippen LogP contribution in [0.15, 0.2) is 35.7 Å². The van der Waals surface area contributed by atoms with E-state index in [1.54, 1.807) is 35.2 Å². The molecule has 1 aromatic heterocycles. The van der Waals surface area contributed by atoms with E-state index in [4.69, 9.17) is 5.11 Å². The number of benzene rings is 1. The Morgan fingerprint density at radius 3 is 2.39 bits per heavy atom. The first-order valence-corrected chi connectivity index (χ1v) is 14.8. The Kier molecular flexibility index (Phi) is 12.8. The summed E-state index contributed by atoms with van der Waals surface area (Å²) in [7, 11) is 0. The number of anilines is 1. The van der Waals surface area contributed by atoms with Crippen LogP contribution < -0.4 is 16.0 Å². The summed E-state index contributed by atoms with van der Waals surface area (Å²) in [6, 6.07) is 8.51. The number of carbonyl (C=O) groups is 4. The molecule has 1 heterocycles. The van der Waals surface area contributed by atoms with E-state index in [2.05, 4.69) is 55.1 Å². The van der Waals surface area contributed by atoms with Crippen LogP contribution in [0.3, 0.4) is 0 Å². The molecule has 0 aliphatic rings. The lowest BCUT2D eigenvalue weighted by Crippen LogP contribution is -2.48. The number of aliphatic carboxylic acids is 1. The highest BCUT2D eigenvalue weighted by atomic mass is 32.2. The maximum absolute atomic E-state index is 12.9. The van der Waals surface area contributed by atoms with Crippen molar-refractivity contribution in [2.24, 2.45) is 0 Å². The van der Waals surface area contributed by atoms with Crippen LogP contribution in [-0.2, 0) is 25.6 Å². The van der Waals surface area contributed by atoms with Crippen molar-refractivity contribution in [1.82, 2.24) is 10.6 Å². The Morgan fingerprint density at radius 1 is 1.11 bits per heavy atom. The van der Waals surface area contributed by atoms with Crippen molar-refractivity contribution in [3.63, 3.8) is 0 Å². The predicted octanol–water partition coefficient (Wildman–Crippen LogP) is 4.75. The summed E-state index contributed by atoms with van der Waals surface area (Å²) in [6.45, 7) is 8.10. The van der Waals surface area contributed by atoms with Gasteiger partial charge in [-0.15, -0.1) is 23.1 Å². The van der Waals surface area contributed by atoms with Crippen LogP contribution in [0, 0.1) is 6.92 Å². The minimum atomic E-state index is -1.07. The molecule has 0 fully saturated rings. The van der Waals surface area contributed by atoms with Gasteiger partial charge in [0.2, 0.25) is 17.7 Å². The number of carboxylic acids is 1. The van der Waals surface area contributed by atoms with Crippen LogP contribution in [0.25, 0.3) is 0 Å². The van der Waals surface area contributed by atoms with Crippen LogP contribution in [-0.4, -0.2) is 51.9 Å². The molecule has 1 aromatic carbocycles. The third-order valence-electron chi connectivity index (χ3n) is 6.21. The van der Waals surface area contributed by atoms with Gasteiger partial charge in [0, 0.05) is 28.2 Å². The maximum atomic E-state index is 12.9.